The molecule has 0 saturated carbocycles. The number of aromatic nitrogens is 3. The fraction of sp³-hybridized carbons (Fsp3) is 0.348. The van der Waals surface area contributed by atoms with Crippen molar-refractivity contribution in [3.8, 4) is 11.4 Å². The summed E-state index contributed by atoms with van der Waals surface area (Å²) in [6.07, 6.45) is 9.36. The van der Waals surface area contributed by atoms with Crippen LogP contribution in [-0.4, -0.2) is 33.7 Å². The highest BCUT2D eigenvalue weighted by Crippen LogP contribution is 2.22. The van der Waals surface area contributed by atoms with Gasteiger partial charge in [0, 0.05) is 50.6 Å². The van der Waals surface area contributed by atoms with Crippen molar-refractivity contribution in [2.75, 3.05) is 29.5 Å². The van der Waals surface area contributed by atoms with Gasteiger partial charge in [-0.05, 0) is 36.2 Å². The van der Waals surface area contributed by atoms with Gasteiger partial charge in [0.15, 0.2) is 0 Å². The van der Waals surface area contributed by atoms with E-state index >= 15 is 0 Å². The lowest BCUT2D eigenvalue weighted by Crippen LogP contribution is -2.39. The number of nitrogens with two attached hydrogens (primary N) is 2. The Bertz CT molecular complexity index is 1090. The van der Waals surface area contributed by atoms with Crippen LogP contribution in [-0.2, 0) is 6.42 Å². The minimum atomic E-state index is -0.181. The van der Waals surface area contributed by atoms with Crippen molar-refractivity contribution in [3.05, 3.63) is 64.8 Å². The van der Waals surface area contributed by atoms with Gasteiger partial charge in [-0.2, -0.15) is 0 Å². The lowest BCUT2D eigenvalue weighted by Gasteiger charge is -2.32. The van der Waals surface area contributed by atoms with E-state index in [4.69, 9.17) is 16.2 Å². The first-order valence-corrected chi connectivity index (χ1v) is 10.6. The predicted molar refractivity (Wildman–Crippen MR) is 123 cm³/mol. The van der Waals surface area contributed by atoms with Crippen LogP contribution >= 0.6 is 0 Å². The first-order valence-electron chi connectivity index (χ1n) is 10.6. The number of hydrogen-bond acceptors (Lipinski definition) is 7. The third kappa shape index (κ3) is 4.79. The molecule has 0 aliphatic carbocycles. The van der Waals surface area contributed by atoms with E-state index in [-0.39, 0.29) is 11.7 Å². The third-order valence-corrected chi connectivity index (χ3v) is 5.50. The number of nitrogen functional groups attached to an aromatic ring is 2. The number of anilines is 3. The second-order valence-electron chi connectivity index (χ2n) is 7.83. The minimum Gasteiger partial charge on any atom is -0.490 e. The van der Waals surface area contributed by atoms with Crippen LogP contribution in [0.3, 0.4) is 0 Å². The van der Waals surface area contributed by atoms with Crippen molar-refractivity contribution in [2.45, 2.75) is 38.7 Å². The number of aryl methyl sites for hydroxylation is 1. The monoisotopic (exact) mass is 420 g/mol. The molecule has 1 aliphatic rings. The number of benzene rings is 1. The third-order valence-electron chi connectivity index (χ3n) is 5.50. The van der Waals surface area contributed by atoms with Crippen molar-refractivity contribution < 1.29 is 4.74 Å². The number of nitrogens with zero attached hydrogens (tertiary/aromatic N) is 4. The van der Waals surface area contributed by atoms with Gasteiger partial charge in [-0.25, -0.2) is 9.97 Å². The molecule has 0 spiro atoms. The van der Waals surface area contributed by atoms with Gasteiger partial charge in [-0.3, -0.25) is 9.36 Å². The predicted octanol–water partition coefficient (Wildman–Crippen LogP) is 2.79. The van der Waals surface area contributed by atoms with Gasteiger partial charge >= 0.3 is 0 Å². The van der Waals surface area contributed by atoms with E-state index in [1.54, 1.807) is 30.5 Å². The number of piperidine rings is 1. The quantitative estimate of drug-likeness (QED) is 0.590. The van der Waals surface area contributed by atoms with E-state index in [0.717, 1.165) is 44.7 Å². The molecule has 0 unspecified atom stereocenters. The van der Waals surface area contributed by atoms with Gasteiger partial charge in [0.25, 0.3) is 5.56 Å². The van der Waals surface area contributed by atoms with Crippen molar-refractivity contribution >= 4 is 17.3 Å². The van der Waals surface area contributed by atoms with E-state index in [2.05, 4.69) is 21.8 Å². The molecule has 8 nitrogen and oxygen atoms in total. The van der Waals surface area contributed by atoms with Crippen LogP contribution in [0.5, 0.6) is 5.75 Å². The molecule has 8 heteroatoms. The molecule has 1 aromatic carbocycles. The van der Waals surface area contributed by atoms with Crippen LogP contribution in [0, 0.1) is 0 Å². The van der Waals surface area contributed by atoms with Crippen LogP contribution in [0.15, 0.2) is 53.7 Å². The number of ether oxygens (including phenoxy) is 1. The lowest BCUT2D eigenvalue weighted by atomic mass is 10.1. The smallest absolute Gasteiger partial charge is 0.258 e. The average Bonchev–Trinajstić information content (AvgIpc) is 2.77. The molecular formula is C23H28N6O2. The zero-order valence-corrected chi connectivity index (χ0v) is 17.7. The van der Waals surface area contributed by atoms with Crippen LogP contribution in [0.25, 0.3) is 5.69 Å². The van der Waals surface area contributed by atoms with E-state index in [1.807, 2.05) is 12.4 Å². The summed E-state index contributed by atoms with van der Waals surface area (Å²) < 4.78 is 7.60. The SMILES string of the molecule is CCCc1cnc(N2CCC(Oc3ccn(-c4ccc(N)c(N)c4)c(=O)c3)CC2)nc1. The van der Waals surface area contributed by atoms with E-state index in [0.29, 0.717) is 22.8 Å². The van der Waals surface area contributed by atoms with Crippen LogP contribution in [0.1, 0.15) is 31.7 Å². The molecule has 31 heavy (non-hydrogen) atoms. The summed E-state index contributed by atoms with van der Waals surface area (Å²) in [5.74, 6) is 1.34. The standard InChI is InChI=1S/C23H28N6O2/c1-2-3-16-14-26-23(27-15-16)28-9-6-18(7-10-28)31-19-8-11-29(22(30)13-19)17-4-5-20(24)21(25)12-17/h4-5,8,11-15,18H,2-3,6-7,9-10,24-25H2,1H3. The summed E-state index contributed by atoms with van der Waals surface area (Å²) in [4.78, 5) is 23.8. The Morgan fingerprint density at radius 1 is 1.06 bits per heavy atom. The van der Waals surface area contributed by atoms with Gasteiger partial charge in [-0.1, -0.05) is 13.3 Å². The van der Waals surface area contributed by atoms with Crippen LogP contribution in [0.2, 0.25) is 0 Å². The Hall–Kier alpha value is -3.55. The highest BCUT2D eigenvalue weighted by Gasteiger charge is 2.22. The van der Waals surface area contributed by atoms with Gasteiger partial charge < -0.3 is 21.1 Å². The molecule has 0 bridgehead atoms. The first kappa shape index (κ1) is 20.7. The molecule has 1 saturated heterocycles. The molecule has 0 amide bonds. The summed E-state index contributed by atoms with van der Waals surface area (Å²) >= 11 is 0. The molecule has 162 valence electrons. The second kappa shape index (κ2) is 9.07. The maximum Gasteiger partial charge on any atom is 0.258 e. The molecule has 0 atom stereocenters. The molecule has 0 radical (unpaired) electrons. The van der Waals surface area contributed by atoms with Gasteiger partial charge in [0.1, 0.15) is 11.9 Å². The van der Waals surface area contributed by atoms with Crippen LogP contribution < -0.4 is 26.7 Å². The van der Waals surface area contributed by atoms with Crippen LogP contribution in [0.4, 0.5) is 17.3 Å². The largest absolute Gasteiger partial charge is 0.490 e. The summed E-state index contributed by atoms with van der Waals surface area (Å²) in [5.41, 5.74) is 14.2. The topological polar surface area (TPSA) is 112 Å². The number of hydrogen-bond donors (Lipinski definition) is 2. The van der Waals surface area contributed by atoms with Crippen molar-refractivity contribution in [2.24, 2.45) is 0 Å². The maximum atomic E-state index is 12.6. The highest BCUT2D eigenvalue weighted by molar-refractivity contribution is 5.66. The van der Waals surface area contributed by atoms with Crippen molar-refractivity contribution in [1.82, 2.24) is 14.5 Å². The highest BCUT2D eigenvalue weighted by atomic mass is 16.5. The van der Waals surface area contributed by atoms with Gasteiger partial charge in [0.05, 0.1) is 17.1 Å². The Labute approximate surface area is 181 Å². The summed E-state index contributed by atoms with van der Waals surface area (Å²) in [5, 5.41) is 0. The zero-order chi connectivity index (χ0) is 21.8. The molecule has 3 heterocycles. The molecular weight excluding hydrogens is 392 g/mol. The summed E-state index contributed by atoms with van der Waals surface area (Å²) in [6.45, 7) is 3.79. The number of pyridine rings is 1. The fourth-order valence-electron chi connectivity index (χ4n) is 3.75. The Morgan fingerprint density at radius 2 is 1.81 bits per heavy atom. The van der Waals surface area contributed by atoms with Crippen molar-refractivity contribution in [1.29, 1.82) is 0 Å². The summed E-state index contributed by atoms with van der Waals surface area (Å²) in [7, 11) is 0. The number of rotatable bonds is 6. The van der Waals surface area contributed by atoms with Crippen molar-refractivity contribution in [3.63, 3.8) is 0 Å². The second-order valence-corrected chi connectivity index (χ2v) is 7.83. The Kier molecular flexibility index (Phi) is 6.06. The Balaban J connectivity index is 1.36. The average molecular weight is 421 g/mol. The van der Waals surface area contributed by atoms with E-state index in [9.17, 15) is 4.79 Å². The zero-order valence-electron chi connectivity index (χ0n) is 17.7. The first-order chi connectivity index (χ1) is 15.0. The molecule has 1 aliphatic heterocycles. The molecule has 2 aromatic heterocycles. The normalized spacial score (nSPS) is 14.5. The Morgan fingerprint density at radius 3 is 2.45 bits per heavy atom. The molecule has 1 fully saturated rings. The van der Waals surface area contributed by atoms with E-state index in [1.165, 1.54) is 16.2 Å². The van der Waals surface area contributed by atoms with Gasteiger partial charge in [0.2, 0.25) is 5.95 Å². The van der Waals surface area contributed by atoms with E-state index < -0.39 is 0 Å². The minimum absolute atomic E-state index is 0.0537. The molecule has 4 N–H and O–H groups in total. The fourth-order valence-corrected chi connectivity index (χ4v) is 3.75. The maximum absolute atomic E-state index is 12.6. The molecule has 3 aromatic rings. The summed E-state index contributed by atoms with van der Waals surface area (Å²) in [6, 6.07) is 8.45. The van der Waals surface area contributed by atoms with Gasteiger partial charge in [-0.15, -0.1) is 0 Å². The molecule has 4 rings (SSSR count). The lowest BCUT2D eigenvalue weighted by molar-refractivity contribution is 0.170.